The first-order valence-electron chi connectivity index (χ1n) is 4.89. The van der Waals surface area contributed by atoms with Crippen LogP contribution in [-0.4, -0.2) is 15.6 Å². The molecule has 1 heterocycles. The Balaban J connectivity index is 2.54. The summed E-state index contributed by atoms with van der Waals surface area (Å²) in [4.78, 5) is 11.3. The number of ketones is 1. The maximum atomic E-state index is 11.3. The van der Waals surface area contributed by atoms with Crippen molar-refractivity contribution in [2.45, 2.75) is 6.92 Å². The number of aromatic nitrogens is 2. The Morgan fingerprint density at radius 2 is 2.06 bits per heavy atom. The van der Waals surface area contributed by atoms with Crippen molar-refractivity contribution in [2.24, 2.45) is 7.05 Å². The molecule has 2 rings (SSSR count). The van der Waals surface area contributed by atoms with Crippen LogP contribution in [0.2, 0.25) is 0 Å². The molecular weight excluding hydrogens is 268 g/mol. The van der Waals surface area contributed by atoms with Crippen molar-refractivity contribution >= 4 is 21.7 Å². The smallest absolute Gasteiger partial charge is 0.177 e. The highest BCUT2D eigenvalue weighted by Crippen LogP contribution is 2.27. The molecule has 0 spiro atoms. The standard InChI is InChI=1S/C12H11BrN2O/c1-8(16)12-7-11(14-15(12)2)9-5-3-4-6-10(9)13/h3-7H,1-2H3. The lowest BCUT2D eigenvalue weighted by atomic mass is 10.1. The number of halogens is 1. The van der Waals surface area contributed by atoms with E-state index in [1.807, 2.05) is 30.3 Å². The third-order valence-electron chi connectivity index (χ3n) is 2.39. The number of carbonyl (C=O) groups excluding carboxylic acids is 1. The summed E-state index contributed by atoms with van der Waals surface area (Å²) >= 11 is 3.47. The van der Waals surface area contributed by atoms with Crippen molar-refractivity contribution < 1.29 is 4.79 Å². The van der Waals surface area contributed by atoms with Crippen LogP contribution in [0.25, 0.3) is 11.3 Å². The van der Waals surface area contributed by atoms with E-state index in [4.69, 9.17) is 0 Å². The first kappa shape index (κ1) is 11.1. The van der Waals surface area contributed by atoms with Crippen LogP contribution in [0, 0.1) is 0 Å². The van der Waals surface area contributed by atoms with E-state index in [2.05, 4.69) is 21.0 Å². The zero-order valence-electron chi connectivity index (χ0n) is 9.07. The van der Waals surface area contributed by atoms with Gasteiger partial charge in [0.25, 0.3) is 0 Å². The van der Waals surface area contributed by atoms with Crippen LogP contribution < -0.4 is 0 Å². The van der Waals surface area contributed by atoms with Crippen molar-refractivity contribution in [3.8, 4) is 11.3 Å². The van der Waals surface area contributed by atoms with Crippen molar-refractivity contribution in [2.75, 3.05) is 0 Å². The highest BCUT2D eigenvalue weighted by atomic mass is 79.9. The third-order valence-corrected chi connectivity index (χ3v) is 3.08. The van der Waals surface area contributed by atoms with Gasteiger partial charge in [0.15, 0.2) is 5.78 Å². The number of carbonyl (C=O) groups is 1. The van der Waals surface area contributed by atoms with E-state index in [0.29, 0.717) is 5.69 Å². The van der Waals surface area contributed by atoms with Gasteiger partial charge >= 0.3 is 0 Å². The third kappa shape index (κ3) is 1.93. The first-order valence-corrected chi connectivity index (χ1v) is 5.69. The zero-order valence-corrected chi connectivity index (χ0v) is 10.7. The van der Waals surface area contributed by atoms with E-state index in [9.17, 15) is 4.79 Å². The molecule has 0 unspecified atom stereocenters. The van der Waals surface area contributed by atoms with Gasteiger partial charge in [0.2, 0.25) is 0 Å². The second-order valence-electron chi connectivity index (χ2n) is 3.57. The Kier molecular flexibility index (Phi) is 2.92. The Labute approximate surface area is 102 Å². The number of nitrogens with zero attached hydrogens (tertiary/aromatic N) is 2. The monoisotopic (exact) mass is 278 g/mol. The molecular formula is C12H11BrN2O. The molecule has 0 aliphatic carbocycles. The zero-order chi connectivity index (χ0) is 11.7. The molecule has 0 N–H and O–H groups in total. The lowest BCUT2D eigenvalue weighted by molar-refractivity contribution is 0.100. The number of hydrogen-bond acceptors (Lipinski definition) is 2. The van der Waals surface area contributed by atoms with E-state index in [1.165, 1.54) is 0 Å². The molecule has 0 amide bonds. The van der Waals surface area contributed by atoms with E-state index >= 15 is 0 Å². The fourth-order valence-corrected chi connectivity index (χ4v) is 2.09. The van der Waals surface area contributed by atoms with Gasteiger partial charge in [0, 0.05) is 24.0 Å². The molecule has 3 nitrogen and oxygen atoms in total. The number of benzene rings is 1. The van der Waals surface area contributed by atoms with E-state index < -0.39 is 0 Å². The molecule has 82 valence electrons. The minimum Gasteiger partial charge on any atom is -0.293 e. The maximum absolute atomic E-state index is 11.3. The molecule has 16 heavy (non-hydrogen) atoms. The summed E-state index contributed by atoms with van der Waals surface area (Å²) in [7, 11) is 1.77. The Morgan fingerprint density at radius 3 is 2.62 bits per heavy atom. The highest BCUT2D eigenvalue weighted by molar-refractivity contribution is 9.10. The molecule has 0 saturated heterocycles. The number of rotatable bonds is 2. The predicted molar refractivity (Wildman–Crippen MR) is 66.3 cm³/mol. The number of Topliss-reactive ketones (excluding diaryl/α,β-unsaturated/α-hetero) is 1. The summed E-state index contributed by atoms with van der Waals surface area (Å²) in [5, 5.41) is 4.33. The normalized spacial score (nSPS) is 10.4. The van der Waals surface area contributed by atoms with Crippen LogP contribution in [0.4, 0.5) is 0 Å². The van der Waals surface area contributed by atoms with Crippen LogP contribution in [0.3, 0.4) is 0 Å². The molecule has 1 aromatic carbocycles. The molecule has 2 aromatic rings. The SMILES string of the molecule is CC(=O)c1cc(-c2ccccc2Br)nn1C. The molecule has 0 fully saturated rings. The summed E-state index contributed by atoms with van der Waals surface area (Å²) in [6.07, 6.45) is 0. The van der Waals surface area contributed by atoms with Crippen molar-refractivity contribution in [1.29, 1.82) is 0 Å². The quantitative estimate of drug-likeness (QED) is 0.792. The molecule has 0 aliphatic heterocycles. The molecule has 0 bridgehead atoms. The largest absolute Gasteiger partial charge is 0.293 e. The first-order chi connectivity index (χ1) is 7.59. The van der Waals surface area contributed by atoms with E-state index in [1.54, 1.807) is 18.7 Å². The number of hydrogen-bond donors (Lipinski definition) is 0. The maximum Gasteiger partial charge on any atom is 0.177 e. The van der Waals surface area contributed by atoms with Crippen LogP contribution in [0.5, 0.6) is 0 Å². The van der Waals surface area contributed by atoms with Gasteiger partial charge in [-0.05, 0) is 12.1 Å². The molecule has 0 atom stereocenters. The van der Waals surface area contributed by atoms with Gasteiger partial charge in [0.05, 0.1) is 5.69 Å². The van der Waals surface area contributed by atoms with Gasteiger partial charge in [-0.1, -0.05) is 34.1 Å². The van der Waals surface area contributed by atoms with Crippen LogP contribution in [0.1, 0.15) is 17.4 Å². The number of aryl methyl sites for hydroxylation is 1. The van der Waals surface area contributed by atoms with Gasteiger partial charge in [-0.25, -0.2) is 0 Å². The summed E-state index contributed by atoms with van der Waals surface area (Å²) in [6, 6.07) is 9.63. The van der Waals surface area contributed by atoms with Gasteiger partial charge in [0.1, 0.15) is 5.69 Å². The molecule has 4 heteroatoms. The summed E-state index contributed by atoms with van der Waals surface area (Å²) in [5.41, 5.74) is 2.41. The van der Waals surface area contributed by atoms with Gasteiger partial charge < -0.3 is 0 Å². The van der Waals surface area contributed by atoms with Crippen molar-refractivity contribution in [3.63, 3.8) is 0 Å². The highest BCUT2D eigenvalue weighted by Gasteiger charge is 2.11. The fraction of sp³-hybridized carbons (Fsp3) is 0.167. The second kappa shape index (κ2) is 4.22. The van der Waals surface area contributed by atoms with Crippen LogP contribution in [-0.2, 0) is 7.05 Å². The van der Waals surface area contributed by atoms with Gasteiger partial charge in [-0.3, -0.25) is 9.48 Å². The Bertz CT molecular complexity index is 546. The molecule has 0 saturated carbocycles. The molecule has 1 aromatic heterocycles. The summed E-state index contributed by atoms with van der Waals surface area (Å²) < 4.78 is 2.58. The molecule has 0 radical (unpaired) electrons. The fourth-order valence-electron chi connectivity index (χ4n) is 1.60. The molecule has 0 aliphatic rings. The van der Waals surface area contributed by atoms with Crippen LogP contribution in [0.15, 0.2) is 34.8 Å². The van der Waals surface area contributed by atoms with E-state index in [-0.39, 0.29) is 5.78 Å². The van der Waals surface area contributed by atoms with Crippen molar-refractivity contribution in [1.82, 2.24) is 9.78 Å². The van der Waals surface area contributed by atoms with E-state index in [0.717, 1.165) is 15.7 Å². The van der Waals surface area contributed by atoms with Crippen LogP contribution >= 0.6 is 15.9 Å². The lowest BCUT2D eigenvalue weighted by Crippen LogP contribution is -2.02. The second-order valence-corrected chi connectivity index (χ2v) is 4.43. The average Bonchev–Trinajstić information content (AvgIpc) is 2.61. The average molecular weight is 279 g/mol. The van der Waals surface area contributed by atoms with Gasteiger partial charge in [-0.15, -0.1) is 0 Å². The van der Waals surface area contributed by atoms with Gasteiger partial charge in [-0.2, -0.15) is 5.10 Å². The summed E-state index contributed by atoms with van der Waals surface area (Å²) in [6.45, 7) is 1.54. The Hall–Kier alpha value is -1.42. The topological polar surface area (TPSA) is 34.9 Å². The lowest BCUT2D eigenvalue weighted by Gasteiger charge is -1.98. The van der Waals surface area contributed by atoms with Crippen molar-refractivity contribution in [3.05, 3.63) is 40.5 Å². The Morgan fingerprint density at radius 1 is 1.38 bits per heavy atom. The summed E-state index contributed by atoms with van der Waals surface area (Å²) in [5.74, 6) is 0.0216. The predicted octanol–water partition coefficient (Wildman–Crippen LogP) is 3.05. The minimum absolute atomic E-state index is 0.0216. The minimum atomic E-state index is 0.0216.